The van der Waals surface area contributed by atoms with E-state index in [1.165, 1.54) is 24.3 Å². The van der Waals surface area contributed by atoms with E-state index in [1.54, 1.807) is 43.6 Å². The molecule has 0 bridgehead atoms. The van der Waals surface area contributed by atoms with Gasteiger partial charge in [-0.15, -0.1) is 0 Å². The summed E-state index contributed by atoms with van der Waals surface area (Å²) in [6, 6.07) is 14.2. The predicted octanol–water partition coefficient (Wildman–Crippen LogP) is 4.83. The van der Waals surface area contributed by atoms with Crippen molar-refractivity contribution < 1.29 is 13.2 Å². The molecule has 0 saturated carbocycles. The van der Waals surface area contributed by atoms with Crippen molar-refractivity contribution in [3.05, 3.63) is 83.2 Å². The van der Waals surface area contributed by atoms with Gasteiger partial charge in [0.1, 0.15) is 23.7 Å². The molecule has 164 valence electrons. The second-order valence-corrected chi connectivity index (χ2v) is 9.20. The lowest BCUT2D eigenvalue weighted by atomic mass is 10.3. The Hall–Kier alpha value is -3.43. The van der Waals surface area contributed by atoms with Gasteiger partial charge < -0.3 is 4.74 Å². The zero-order chi connectivity index (χ0) is 22.9. The molecule has 10 heteroatoms. The Morgan fingerprint density at radius 2 is 1.66 bits per heavy atom. The molecule has 0 aliphatic carbocycles. The summed E-state index contributed by atoms with van der Waals surface area (Å²) < 4.78 is 35.3. The number of imidazole rings is 1. The fourth-order valence-corrected chi connectivity index (χ4v) is 4.15. The second kappa shape index (κ2) is 8.60. The molecule has 32 heavy (non-hydrogen) atoms. The number of hydrogen-bond acceptors (Lipinski definition) is 6. The molecule has 2 aromatic heterocycles. The van der Waals surface area contributed by atoms with E-state index in [9.17, 15) is 8.42 Å². The number of aryl methyl sites for hydroxylation is 2. The molecule has 8 nitrogen and oxygen atoms in total. The zero-order valence-corrected chi connectivity index (χ0v) is 19.1. The summed E-state index contributed by atoms with van der Waals surface area (Å²) in [7, 11) is -3.72. The first-order valence-corrected chi connectivity index (χ1v) is 11.5. The van der Waals surface area contributed by atoms with Crippen molar-refractivity contribution >= 4 is 27.3 Å². The Morgan fingerprint density at radius 1 is 0.969 bits per heavy atom. The Bertz CT molecular complexity index is 1370. The molecule has 0 radical (unpaired) electrons. The molecule has 0 aliphatic rings. The van der Waals surface area contributed by atoms with Gasteiger partial charge in [-0.25, -0.2) is 18.4 Å². The van der Waals surface area contributed by atoms with E-state index in [2.05, 4.69) is 19.7 Å². The van der Waals surface area contributed by atoms with E-state index in [1.807, 2.05) is 18.4 Å². The number of ether oxygens (including phenoxy) is 1. The highest BCUT2D eigenvalue weighted by molar-refractivity contribution is 7.92. The number of benzene rings is 2. The van der Waals surface area contributed by atoms with Crippen LogP contribution in [0.2, 0.25) is 5.02 Å². The standard InChI is InChI=1S/C22H20ClN5O3S/c1-14-15(2)28(13-24-14)21-12-22(26-16(3)25-21)31-19-8-6-18(7-9-19)27-32(29,30)20-10-4-17(23)5-11-20/h4-13,27H,1-3H3. The maximum Gasteiger partial charge on any atom is 0.261 e. The van der Waals surface area contributed by atoms with Crippen LogP contribution >= 0.6 is 11.6 Å². The lowest BCUT2D eigenvalue weighted by Gasteiger charge is -2.11. The number of nitrogens with zero attached hydrogens (tertiary/aromatic N) is 4. The van der Waals surface area contributed by atoms with Gasteiger partial charge in [0.05, 0.1) is 10.6 Å². The highest BCUT2D eigenvalue weighted by Gasteiger charge is 2.14. The number of sulfonamides is 1. The number of nitrogens with one attached hydrogen (secondary N) is 1. The maximum absolute atomic E-state index is 12.5. The highest BCUT2D eigenvalue weighted by atomic mass is 35.5. The summed E-state index contributed by atoms with van der Waals surface area (Å²) >= 11 is 5.83. The van der Waals surface area contributed by atoms with E-state index >= 15 is 0 Å². The summed E-state index contributed by atoms with van der Waals surface area (Å²) in [4.78, 5) is 13.2. The van der Waals surface area contributed by atoms with Crippen LogP contribution in [-0.4, -0.2) is 27.9 Å². The van der Waals surface area contributed by atoms with Crippen molar-refractivity contribution in [2.75, 3.05) is 4.72 Å². The minimum Gasteiger partial charge on any atom is -0.439 e. The van der Waals surface area contributed by atoms with Crippen LogP contribution in [0.5, 0.6) is 11.6 Å². The van der Waals surface area contributed by atoms with Crippen LogP contribution in [0.3, 0.4) is 0 Å². The van der Waals surface area contributed by atoms with E-state index < -0.39 is 10.0 Å². The van der Waals surface area contributed by atoms with E-state index in [0.717, 1.165) is 11.4 Å². The highest BCUT2D eigenvalue weighted by Crippen LogP contribution is 2.25. The van der Waals surface area contributed by atoms with Gasteiger partial charge in [0, 0.05) is 22.5 Å². The van der Waals surface area contributed by atoms with Crippen LogP contribution in [0.4, 0.5) is 5.69 Å². The number of aromatic nitrogens is 4. The van der Waals surface area contributed by atoms with Gasteiger partial charge in [-0.05, 0) is 69.3 Å². The third-order valence-electron chi connectivity index (χ3n) is 4.75. The van der Waals surface area contributed by atoms with Crippen molar-refractivity contribution in [1.82, 2.24) is 19.5 Å². The molecule has 2 heterocycles. The van der Waals surface area contributed by atoms with Crippen molar-refractivity contribution in [2.24, 2.45) is 0 Å². The zero-order valence-electron chi connectivity index (χ0n) is 17.6. The molecule has 0 spiro atoms. The minimum atomic E-state index is -3.72. The van der Waals surface area contributed by atoms with Gasteiger partial charge in [-0.1, -0.05) is 11.6 Å². The van der Waals surface area contributed by atoms with Gasteiger partial charge >= 0.3 is 0 Å². The molecular formula is C22H20ClN5O3S. The molecule has 2 aromatic carbocycles. The molecular weight excluding hydrogens is 450 g/mol. The fraction of sp³-hybridized carbons (Fsp3) is 0.136. The van der Waals surface area contributed by atoms with Crippen LogP contribution in [0.25, 0.3) is 5.82 Å². The van der Waals surface area contributed by atoms with Crippen molar-refractivity contribution in [2.45, 2.75) is 25.7 Å². The monoisotopic (exact) mass is 469 g/mol. The summed E-state index contributed by atoms with van der Waals surface area (Å²) in [5.74, 6) is 2.07. The average Bonchev–Trinajstić information content (AvgIpc) is 3.08. The number of hydrogen-bond donors (Lipinski definition) is 1. The summed E-state index contributed by atoms with van der Waals surface area (Å²) in [6.07, 6.45) is 1.71. The second-order valence-electron chi connectivity index (χ2n) is 7.08. The molecule has 0 aliphatic heterocycles. The molecule has 0 fully saturated rings. The first kappa shape index (κ1) is 21.8. The largest absolute Gasteiger partial charge is 0.439 e. The Balaban J connectivity index is 1.52. The first-order chi connectivity index (χ1) is 15.2. The van der Waals surface area contributed by atoms with Gasteiger partial charge in [0.2, 0.25) is 5.88 Å². The molecule has 0 saturated heterocycles. The molecule has 4 aromatic rings. The van der Waals surface area contributed by atoms with Crippen molar-refractivity contribution in [3.63, 3.8) is 0 Å². The maximum atomic E-state index is 12.5. The van der Waals surface area contributed by atoms with Gasteiger partial charge in [-0.3, -0.25) is 9.29 Å². The van der Waals surface area contributed by atoms with Crippen LogP contribution in [-0.2, 0) is 10.0 Å². The third kappa shape index (κ3) is 4.74. The predicted molar refractivity (Wildman–Crippen MR) is 122 cm³/mol. The van der Waals surface area contributed by atoms with Crippen LogP contribution in [0.1, 0.15) is 17.2 Å². The number of halogens is 1. The fourth-order valence-electron chi connectivity index (χ4n) is 2.97. The third-order valence-corrected chi connectivity index (χ3v) is 6.40. The van der Waals surface area contributed by atoms with E-state index in [-0.39, 0.29) is 4.90 Å². The molecule has 0 amide bonds. The lowest BCUT2D eigenvalue weighted by molar-refractivity contribution is 0.459. The van der Waals surface area contributed by atoms with Gasteiger partial charge in [0.25, 0.3) is 10.0 Å². The molecule has 4 rings (SSSR count). The Morgan fingerprint density at radius 3 is 2.28 bits per heavy atom. The molecule has 0 unspecified atom stereocenters. The first-order valence-electron chi connectivity index (χ1n) is 9.64. The normalized spacial score (nSPS) is 11.4. The lowest BCUT2D eigenvalue weighted by Crippen LogP contribution is -2.12. The van der Waals surface area contributed by atoms with Crippen LogP contribution < -0.4 is 9.46 Å². The number of rotatable bonds is 6. The van der Waals surface area contributed by atoms with Crippen LogP contribution in [0, 0.1) is 20.8 Å². The van der Waals surface area contributed by atoms with Crippen molar-refractivity contribution in [1.29, 1.82) is 0 Å². The summed E-state index contributed by atoms with van der Waals surface area (Å²) in [5.41, 5.74) is 2.29. The summed E-state index contributed by atoms with van der Waals surface area (Å²) in [6.45, 7) is 5.67. The number of anilines is 1. The smallest absolute Gasteiger partial charge is 0.261 e. The Kier molecular flexibility index (Phi) is 5.86. The quantitative estimate of drug-likeness (QED) is 0.434. The SMILES string of the molecule is Cc1nc(Oc2ccc(NS(=O)(=O)c3ccc(Cl)cc3)cc2)cc(-n2cnc(C)c2C)n1. The minimum absolute atomic E-state index is 0.122. The average molecular weight is 470 g/mol. The molecule has 0 atom stereocenters. The Labute approximate surface area is 191 Å². The topological polar surface area (TPSA) is 99.0 Å². The van der Waals surface area contributed by atoms with Crippen molar-refractivity contribution in [3.8, 4) is 17.4 Å². The summed E-state index contributed by atoms with van der Waals surface area (Å²) in [5, 5.41) is 0.465. The van der Waals surface area contributed by atoms with E-state index in [0.29, 0.717) is 34.0 Å². The van der Waals surface area contributed by atoms with Gasteiger partial charge in [0.15, 0.2) is 0 Å². The van der Waals surface area contributed by atoms with Crippen LogP contribution in [0.15, 0.2) is 65.8 Å². The van der Waals surface area contributed by atoms with E-state index in [4.69, 9.17) is 16.3 Å². The van der Waals surface area contributed by atoms with Gasteiger partial charge in [-0.2, -0.15) is 4.98 Å². The molecule has 1 N–H and O–H groups in total.